The van der Waals surface area contributed by atoms with Gasteiger partial charge in [-0.25, -0.2) is 0 Å². The fourth-order valence-electron chi connectivity index (χ4n) is 2.58. The Hall–Kier alpha value is -2.20. The van der Waals surface area contributed by atoms with Gasteiger partial charge in [0, 0.05) is 11.8 Å². The summed E-state index contributed by atoms with van der Waals surface area (Å²) in [5, 5.41) is 29.1. The highest BCUT2D eigenvalue weighted by Gasteiger charge is 2.12. The number of aromatic hydroxyl groups is 2. The summed E-state index contributed by atoms with van der Waals surface area (Å²) in [5.74, 6) is 0.345. The molecular formula is C18H23NO3. The van der Waals surface area contributed by atoms with Crippen LogP contribution >= 0.6 is 0 Å². The number of benzene rings is 2. The number of rotatable bonds is 6. The molecule has 0 fully saturated rings. The Balaban J connectivity index is 1.87. The van der Waals surface area contributed by atoms with Crippen LogP contribution in [-0.4, -0.2) is 15.3 Å². The molecule has 2 rings (SSSR count). The predicted molar refractivity (Wildman–Crippen MR) is 87.7 cm³/mol. The fourth-order valence-corrected chi connectivity index (χ4v) is 2.58. The van der Waals surface area contributed by atoms with E-state index in [4.69, 9.17) is 5.73 Å². The van der Waals surface area contributed by atoms with Crippen LogP contribution in [0.3, 0.4) is 0 Å². The number of aliphatic hydroxyl groups is 1. The molecule has 0 heterocycles. The number of hydrogen-bond acceptors (Lipinski definition) is 4. The SMILES string of the molecule is C[C@@H](CC[C@@H](O)c1cc(O)cc(O)c1)Cc1ccc(N)cc1. The Kier molecular flexibility index (Phi) is 5.28. The monoisotopic (exact) mass is 301 g/mol. The van der Waals surface area contributed by atoms with Gasteiger partial charge in [-0.15, -0.1) is 0 Å². The predicted octanol–water partition coefficient (Wildman–Crippen LogP) is 3.37. The lowest BCUT2D eigenvalue weighted by Gasteiger charge is -2.16. The zero-order chi connectivity index (χ0) is 16.1. The molecule has 2 aromatic rings. The first-order chi connectivity index (χ1) is 10.4. The first kappa shape index (κ1) is 16.2. The van der Waals surface area contributed by atoms with E-state index in [9.17, 15) is 15.3 Å². The van der Waals surface area contributed by atoms with E-state index >= 15 is 0 Å². The van der Waals surface area contributed by atoms with E-state index in [0.29, 0.717) is 17.9 Å². The third-order valence-corrected chi connectivity index (χ3v) is 3.81. The second kappa shape index (κ2) is 7.18. The fraction of sp³-hybridized carbons (Fsp3) is 0.333. The minimum atomic E-state index is -0.688. The lowest BCUT2D eigenvalue weighted by molar-refractivity contribution is 0.157. The highest BCUT2D eigenvalue weighted by atomic mass is 16.3. The van der Waals surface area contributed by atoms with Crippen LogP contribution in [0.15, 0.2) is 42.5 Å². The first-order valence-corrected chi connectivity index (χ1v) is 7.49. The molecule has 4 heteroatoms. The van der Waals surface area contributed by atoms with Gasteiger partial charge in [-0.1, -0.05) is 19.1 Å². The molecule has 0 saturated heterocycles. The number of phenols is 2. The van der Waals surface area contributed by atoms with Crippen LogP contribution < -0.4 is 5.73 Å². The maximum Gasteiger partial charge on any atom is 0.119 e. The van der Waals surface area contributed by atoms with E-state index in [0.717, 1.165) is 18.5 Å². The van der Waals surface area contributed by atoms with Crippen molar-refractivity contribution in [1.29, 1.82) is 0 Å². The molecule has 0 unspecified atom stereocenters. The van der Waals surface area contributed by atoms with Crippen LogP contribution in [-0.2, 0) is 6.42 Å². The van der Waals surface area contributed by atoms with Crippen molar-refractivity contribution in [1.82, 2.24) is 0 Å². The highest BCUT2D eigenvalue weighted by molar-refractivity contribution is 5.39. The van der Waals surface area contributed by atoms with Crippen molar-refractivity contribution < 1.29 is 15.3 Å². The van der Waals surface area contributed by atoms with Crippen LogP contribution in [0.5, 0.6) is 11.5 Å². The van der Waals surface area contributed by atoms with Crippen LogP contribution in [0, 0.1) is 5.92 Å². The quantitative estimate of drug-likeness (QED) is 0.616. The molecule has 118 valence electrons. The van der Waals surface area contributed by atoms with Gasteiger partial charge in [-0.3, -0.25) is 0 Å². The lowest BCUT2D eigenvalue weighted by Crippen LogP contribution is -2.04. The topological polar surface area (TPSA) is 86.7 Å². The van der Waals surface area contributed by atoms with E-state index in [2.05, 4.69) is 6.92 Å². The number of nitrogen functional groups attached to an aromatic ring is 1. The van der Waals surface area contributed by atoms with Gasteiger partial charge in [0.15, 0.2) is 0 Å². The Morgan fingerprint density at radius 2 is 1.55 bits per heavy atom. The third kappa shape index (κ3) is 4.67. The summed E-state index contributed by atoms with van der Waals surface area (Å²) in [5.41, 5.74) is 8.20. The van der Waals surface area contributed by atoms with E-state index < -0.39 is 6.10 Å². The standard InChI is InChI=1S/C18H23NO3/c1-12(8-13-3-5-15(19)6-4-13)2-7-18(22)14-9-16(20)11-17(21)10-14/h3-6,9-12,18,20-22H,2,7-8,19H2,1H3/t12-,18+/m0/s1. The lowest BCUT2D eigenvalue weighted by atomic mass is 9.93. The number of hydrogen-bond donors (Lipinski definition) is 4. The average molecular weight is 301 g/mol. The summed E-state index contributed by atoms with van der Waals surface area (Å²) in [6.07, 6.45) is 1.67. The van der Waals surface area contributed by atoms with E-state index in [1.807, 2.05) is 24.3 Å². The van der Waals surface area contributed by atoms with Crippen LogP contribution in [0.1, 0.15) is 37.0 Å². The van der Waals surface area contributed by atoms with Crippen molar-refractivity contribution in [2.75, 3.05) is 5.73 Å². The zero-order valence-electron chi connectivity index (χ0n) is 12.7. The van der Waals surface area contributed by atoms with Crippen LogP contribution in [0.25, 0.3) is 0 Å². The number of nitrogens with two attached hydrogens (primary N) is 1. The third-order valence-electron chi connectivity index (χ3n) is 3.81. The van der Waals surface area contributed by atoms with Gasteiger partial charge in [0.05, 0.1) is 6.10 Å². The maximum absolute atomic E-state index is 10.2. The molecule has 0 saturated carbocycles. The van der Waals surface area contributed by atoms with Crippen LogP contribution in [0.4, 0.5) is 5.69 Å². The molecule has 0 bridgehead atoms. The molecular weight excluding hydrogens is 278 g/mol. The van der Waals surface area contributed by atoms with Gasteiger partial charge in [-0.2, -0.15) is 0 Å². The Labute approximate surface area is 130 Å². The molecule has 22 heavy (non-hydrogen) atoms. The van der Waals surface area contributed by atoms with Crippen molar-refractivity contribution >= 4 is 5.69 Å². The second-order valence-corrected chi connectivity index (χ2v) is 5.93. The van der Waals surface area contributed by atoms with Crippen molar-refractivity contribution in [3.05, 3.63) is 53.6 Å². The molecule has 0 amide bonds. The van der Waals surface area contributed by atoms with E-state index in [1.165, 1.54) is 23.8 Å². The van der Waals surface area contributed by atoms with Gasteiger partial charge in [0.2, 0.25) is 0 Å². The summed E-state index contributed by atoms with van der Waals surface area (Å²) in [6, 6.07) is 12.0. The summed E-state index contributed by atoms with van der Waals surface area (Å²) in [7, 11) is 0. The molecule has 4 nitrogen and oxygen atoms in total. The summed E-state index contributed by atoms with van der Waals surface area (Å²) >= 11 is 0. The first-order valence-electron chi connectivity index (χ1n) is 7.49. The van der Waals surface area contributed by atoms with Gasteiger partial charge >= 0.3 is 0 Å². The zero-order valence-corrected chi connectivity index (χ0v) is 12.7. The molecule has 0 aliphatic rings. The Morgan fingerprint density at radius 1 is 0.955 bits per heavy atom. The smallest absolute Gasteiger partial charge is 0.119 e. The average Bonchev–Trinajstić information content (AvgIpc) is 2.46. The van der Waals surface area contributed by atoms with Crippen LogP contribution in [0.2, 0.25) is 0 Å². The normalized spacial score (nSPS) is 13.7. The molecule has 0 spiro atoms. The Morgan fingerprint density at radius 3 is 2.14 bits per heavy atom. The molecule has 2 aromatic carbocycles. The highest BCUT2D eigenvalue weighted by Crippen LogP contribution is 2.28. The van der Waals surface area contributed by atoms with E-state index in [1.54, 1.807) is 0 Å². The second-order valence-electron chi connectivity index (χ2n) is 5.93. The van der Waals surface area contributed by atoms with Crippen molar-refractivity contribution in [3.63, 3.8) is 0 Å². The molecule has 0 aliphatic heterocycles. The van der Waals surface area contributed by atoms with Gasteiger partial charge in [-0.05, 0) is 60.6 Å². The molecule has 5 N–H and O–H groups in total. The van der Waals surface area contributed by atoms with Gasteiger partial charge in [0.25, 0.3) is 0 Å². The van der Waals surface area contributed by atoms with Crippen molar-refractivity contribution in [2.45, 2.75) is 32.3 Å². The summed E-state index contributed by atoms with van der Waals surface area (Å²) in [6.45, 7) is 2.14. The van der Waals surface area contributed by atoms with E-state index in [-0.39, 0.29) is 11.5 Å². The molecule has 2 atom stereocenters. The Bertz CT molecular complexity index is 590. The number of aliphatic hydroxyl groups excluding tert-OH is 1. The molecule has 0 radical (unpaired) electrons. The maximum atomic E-state index is 10.2. The van der Waals surface area contributed by atoms with Gasteiger partial charge < -0.3 is 21.1 Å². The van der Waals surface area contributed by atoms with Gasteiger partial charge in [0.1, 0.15) is 11.5 Å². The van der Waals surface area contributed by atoms with Crippen molar-refractivity contribution in [2.24, 2.45) is 5.92 Å². The summed E-state index contributed by atoms with van der Waals surface area (Å²) in [4.78, 5) is 0. The molecule has 0 aliphatic carbocycles. The summed E-state index contributed by atoms with van der Waals surface area (Å²) < 4.78 is 0. The number of anilines is 1. The minimum absolute atomic E-state index is 0.0380. The largest absolute Gasteiger partial charge is 0.508 e. The molecule has 0 aromatic heterocycles. The minimum Gasteiger partial charge on any atom is -0.508 e. The van der Waals surface area contributed by atoms with Crippen molar-refractivity contribution in [3.8, 4) is 11.5 Å². The number of phenolic OH excluding ortho intramolecular Hbond substituents is 2.